The molecule has 1 aliphatic rings. The van der Waals surface area contributed by atoms with Crippen LogP contribution >= 0.6 is 0 Å². The van der Waals surface area contributed by atoms with Gasteiger partial charge in [0.2, 0.25) is 0 Å². The molecular formula is C29H19FN4O6. The molecule has 0 saturated carbocycles. The number of nitrogens with zero attached hydrogens (tertiary/aromatic N) is 3. The molecule has 10 nitrogen and oxygen atoms in total. The zero-order chi connectivity index (χ0) is 28.4. The van der Waals surface area contributed by atoms with Crippen molar-refractivity contribution in [3.63, 3.8) is 0 Å². The van der Waals surface area contributed by atoms with Crippen molar-refractivity contribution in [1.82, 2.24) is 4.90 Å². The van der Waals surface area contributed by atoms with Crippen LogP contribution in [-0.4, -0.2) is 40.1 Å². The minimum atomic E-state index is -0.678. The highest BCUT2D eigenvalue weighted by Gasteiger charge is 2.37. The Labute approximate surface area is 226 Å². The van der Waals surface area contributed by atoms with Gasteiger partial charge in [-0.3, -0.25) is 39.1 Å². The predicted octanol–water partition coefficient (Wildman–Crippen LogP) is 4.89. The second kappa shape index (κ2) is 10.6. The molecule has 0 bridgehead atoms. The van der Waals surface area contributed by atoms with Crippen molar-refractivity contribution in [2.45, 2.75) is 0 Å². The fraction of sp³-hybridized carbons (Fsp3) is 0.0345. The maximum atomic E-state index is 13.9. The van der Waals surface area contributed by atoms with Crippen LogP contribution in [0.1, 0.15) is 41.4 Å². The summed E-state index contributed by atoms with van der Waals surface area (Å²) in [5.74, 6) is -3.01. The Morgan fingerprint density at radius 2 is 1.40 bits per heavy atom. The molecular weight excluding hydrogens is 519 g/mol. The Bertz CT molecular complexity index is 1640. The third kappa shape index (κ3) is 4.90. The summed E-state index contributed by atoms with van der Waals surface area (Å²) in [4.78, 5) is 65.3. The normalized spacial score (nSPS) is 12.2. The molecule has 0 atom stereocenters. The van der Waals surface area contributed by atoms with Crippen LogP contribution in [0.4, 0.5) is 21.5 Å². The predicted molar refractivity (Wildman–Crippen MR) is 143 cm³/mol. The summed E-state index contributed by atoms with van der Waals surface area (Å²) in [6.07, 6.45) is 0. The molecule has 4 aromatic carbocycles. The van der Waals surface area contributed by atoms with E-state index >= 15 is 0 Å². The molecule has 0 fully saturated rings. The number of fused-ring (bicyclic) bond motifs is 1. The van der Waals surface area contributed by atoms with Gasteiger partial charge in [0, 0.05) is 23.4 Å². The summed E-state index contributed by atoms with van der Waals surface area (Å²) >= 11 is 0. The van der Waals surface area contributed by atoms with Gasteiger partial charge in [0.25, 0.3) is 29.3 Å². The Morgan fingerprint density at radius 1 is 0.825 bits per heavy atom. The first kappa shape index (κ1) is 25.9. The summed E-state index contributed by atoms with van der Waals surface area (Å²) in [7, 11) is 0. The first-order valence-corrected chi connectivity index (χ1v) is 11.9. The van der Waals surface area contributed by atoms with Gasteiger partial charge in [0.15, 0.2) is 0 Å². The van der Waals surface area contributed by atoms with Gasteiger partial charge in [-0.15, -0.1) is 0 Å². The van der Waals surface area contributed by atoms with E-state index in [-0.39, 0.29) is 39.3 Å². The van der Waals surface area contributed by atoms with E-state index in [0.29, 0.717) is 0 Å². The number of nitrogens with one attached hydrogen (secondary N) is 1. The van der Waals surface area contributed by atoms with E-state index in [2.05, 4.69) is 5.32 Å². The number of benzene rings is 4. The number of hydrogen-bond acceptors (Lipinski definition) is 6. The number of nitro groups is 1. The summed E-state index contributed by atoms with van der Waals surface area (Å²) in [5.41, 5.74) is 0.692. The number of nitro benzene ring substituents is 1. The topological polar surface area (TPSA) is 130 Å². The van der Waals surface area contributed by atoms with Gasteiger partial charge < -0.3 is 5.32 Å². The van der Waals surface area contributed by atoms with Crippen molar-refractivity contribution in [3.8, 4) is 0 Å². The van der Waals surface area contributed by atoms with Crippen LogP contribution in [0.5, 0.6) is 0 Å². The highest BCUT2D eigenvalue weighted by atomic mass is 19.1. The van der Waals surface area contributed by atoms with E-state index in [4.69, 9.17) is 0 Å². The van der Waals surface area contributed by atoms with Crippen molar-refractivity contribution in [2.75, 3.05) is 16.9 Å². The largest absolute Gasteiger partial charge is 0.321 e. The lowest BCUT2D eigenvalue weighted by atomic mass is 10.1. The molecule has 0 aromatic heterocycles. The molecule has 1 aliphatic heterocycles. The second-order valence-corrected chi connectivity index (χ2v) is 8.74. The number of anilines is 2. The monoisotopic (exact) mass is 538 g/mol. The lowest BCUT2D eigenvalue weighted by molar-refractivity contribution is -0.384. The van der Waals surface area contributed by atoms with Gasteiger partial charge >= 0.3 is 0 Å². The molecule has 4 aromatic rings. The van der Waals surface area contributed by atoms with Crippen LogP contribution in [0, 0.1) is 15.9 Å². The van der Waals surface area contributed by atoms with Gasteiger partial charge in [0.1, 0.15) is 12.5 Å². The Kier molecular flexibility index (Phi) is 6.85. The van der Waals surface area contributed by atoms with Crippen LogP contribution in [0.15, 0.2) is 97.1 Å². The molecule has 1 N–H and O–H groups in total. The van der Waals surface area contributed by atoms with Crippen molar-refractivity contribution in [1.29, 1.82) is 0 Å². The van der Waals surface area contributed by atoms with E-state index in [1.54, 1.807) is 24.3 Å². The Hall–Kier alpha value is -5.71. The minimum Gasteiger partial charge on any atom is -0.321 e. The van der Waals surface area contributed by atoms with E-state index in [1.807, 2.05) is 0 Å². The van der Waals surface area contributed by atoms with E-state index in [0.717, 1.165) is 21.9 Å². The summed E-state index contributed by atoms with van der Waals surface area (Å²) in [5, 5.41) is 13.6. The van der Waals surface area contributed by atoms with Gasteiger partial charge in [0.05, 0.1) is 27.3 Å². The number of non-ortho nitro benzene ring substituents is 1. The van der Waals surface area contributed by atoms with Crippen LogP contribution in [0.2, 0.25) is 0 Å². The SMILES string of the molecule is O=C(Nc1ccccc1C(=O)N(CN1C(=O)c2ccccc2C1=O)c1ccc(F)cc1)c1ccc([N+](=O)[O-])cc1. The number of carbonyl (C=O) groups excluding carboxylic acids is 4. The molecule has 1 heterocycles. The first-order valence-electron chi connectivity index (χ1n) is 11.9. The van der Waals surface area contributed by atoms with Gasteiger partial charge in [-0.05, 0) is 60.7 Å². The smallest absolute Gasteiger partial charge is 0.269 e. The maximum absolute atomic E-state index is 13.9. The van der Waals surface area contributed by atoms with Crippen LogP contribution in [0.3, 0.4) is 0 Å². The molecule has 11 heteroatoms. The number of carbonyl (C=O) groups is 4. The van der Waals surface area contributed by atoms with Gasteiger partial charge in [-0.1, -0.05) is 24.3 Å². The fourth-order valence-electron chi connectivity index (χ4n) is 4.25. The molecule has 5 rings (SSSR count). The van der Waals surface area contributed by atoms with Crippen molar-refractivity contribution >= 4 is 40.7 Å². The van der Waals surface area contributed by atoms with E-state index in [1.165, 1.54) is 60.7 Å². The van der Waals surface area contributed by atoms with Crippen molar-refractivity contribution < 1.29 is 28.5 Å². The third-order valence-corrected chi connectivity index (χ3v) is 6.29. The highest BCUT2D eigenvalue weighted by molar-refractivity contribution is 6.22. The Balaban J connectivity index is 1.47. The molecule has 40 heavy (non-hydrogen) atoms. The zero-order valence-corrected chi connectivity index (χ0v) is 20.6. The number of hydrogen-bond donors (Lipinski definition) is 1. The van der Waals surface area contributed by atoms with Crippen LogP contribution in [0.25, 0.3) is 0 Å². The highest BCUT2D eigenvalue weighted by Crippen LogP contribution is 2.27. The minimum absolute atomic E-state index is 0.0266. The molecule has 0 aliphatic carbocycles. The van der Waals surface area contributed by atoms with Crippen LogP contribution in [-0.2, 0) is 0 Å². The zero-order valence-electron chi connectivity index (χ0n) is 20.6. The van der Waals surface area contributed by atoms with Crippen LogP contribution < -0.4 is 10.2 Å². The van der Waals surface area contributed by atoms with E-state index in [9.17, 15) is 33.7 Å². The first-order chi connectivity index (χ1) is 19.2. The van der Waals surface area contributed by atoms with E-state index < -0.39 is 41.0 Å². The summed E-state index contributed by atoms with van der Waals surface area (Å²) in [6, 6.07) is 22.3. The average Bonchev–Trinajstić information content (AvgIpc) is 3.21. The molecule has 0 radical (unpaired) electrons. The molecule has 4 amide bonds. The second-order valence-electron chi connectivity index (χ2n) is 8.74. The molecule has 0 saturated heterocycles. The lowest BCUT2D eigenvalue weighted by Gasteiger charge is -2.28. The van der Waals surface area contributed by atoms with Gasteiger partial charge in [-0.2, -0.15) is 0 Å². The average molecular weight is 538 g/mol. The summed E-state index contributed by atoms with van der Waals surface area (Å²) < 4.78 is 13.7. The number of imide groups is 1. The van der Waals surface area contributed by atoms with Crippen molar-refractivity contribution in [3.05, 3.63) is 135 Å². The quantitative estimate of drug-likeness (QED) is 0.203. The third-order valence-electron chi connectivity index (χ3n) is 6.29. The molecule has 0 spiro atoms. The standard InChI is InChI=1S/C29H19FN4O6/c30-19-11-15-20(16-12-19)32(17-33-27(36)22-5-1-2-6-23(22)28(33)37)29(38)24-7-3-4-8-25(24)31-26(35)18-9-13-21(14-10-18)34(39)40/h1-16H,17H2,(H,31,35). The molecule has 198 valence electrons. The summed E-state index contributed by atoms with van der Waals surface area (Å²) in [6.45, 7) is -0.471. The number of halogens is 1. The van der Waals surface area contributed by atoms with Crippen molar-refractivity contribution in [2.24, 2.45) is 0 Å². The molecule has 0 unspecified atom stereocenters. The Morgan fingerprint density at radius 3 is 2.00 bits per heavy atom. The van der Waals surface area contributed by atoms with Gasteiger partial charge in [-0.25, -0.2) is 4.39 Å². The maximum Gasteiger partial charge on any atom is 0.269 e. The fourth-order valence-corrected chi connectivity index (χ4v) is 4.25. The lowest BCUT2D eigenvalue weighted by Crippen LogP contribution is -2.44. The number of rotatable bonds is 7. The number of para-hydroxylation sites is 1. The number of amides is 4.